The molecule has 0 fully saturated rings. The van der Waals surface area contributed by atoms with Crippen molar-refractivity contribution in [2.24, 2.45) is 5.92 Å². The highest BCUT2D eigenvalue weighted by atomic mass is 16.7. The van der Waals surface area contributed by atoms with Gasteiger partial charge in [0.15, 0.2) is 0 Å². The fraction of sp³-hybridized carbons (Fsp3) is 0.625. The molecule has 0 aliphatic heterocycles. The molecule has 2 nitrogen and oxygen atoms in total. The quantitative estimate of drug-likeness (QED) is 0.329. The normalized spacial score (nSPS) is 12.2. The predicted octanol–water partition coefficient (Wildman–Crippen LogP) is 1.58. The molecule has 0 spiro atoms. The second kappa shape index (κ2) is 6.56. The van der Waals surface area contributed by atoms with Gasteiger partial charge in [0, 0.05) is 13.0 Å². The van der Waals surface area contributed by atoms with Crippen molar-refractivity contribution in [1.29, 1.82) is 0 Å². The molecule has 0 radical (unpaired) electrons. The van der Waals surface area contributed by atoms with Crippen LogP contribution in [0.2, 0.25) is 0 Å². The zero-order chi connectivity index (χ0) is 7.82. The Hall–Kier alpha value is -0.560. The fourth-order valence-electron chi connectivity index (χ4n) is 0.567. The molecule has 1 atom stereocenters. The van der Waals surface area contributed by atoms with Crippen LogP contribution in [0.1, 0.15) is 6.92 Å². The van der Waals surface area contributed by atoms with Crippen LogP contribution in [0.15, 0.2) is 18.4 Å². The number of ether oxygens (including phenoxy) is 2. The van der Waals surface area contributed by atoms with Crippen molar-refractivity contribution in [3.05, 3.63) is 18.4 Å². The minimum absolute atomic E-state index is 0.356. The van der Waals surface area contributed by atoms with Crippen LogP contribution in [0.4, 0.5) is 0 Å². The van der Waals surface area contributed by atoms with Crippen LogP contribution in [-0.2, 0) is 9.47 Å². The Morgan fingerprint density at radius 2 is 2.40 bits per heavy atom. The number of hydrogen-bond acceptors (Lipinski definition) is 2. The third kappa shape index (κ3) is 5.57. The second-order valence-electron chi connectivity index (χ2n) is 2.13. The lowest BCUT2D eigenvalue weighted by molar-refractivity contribution is -0.0371. The largest absolute Gasteiger partial charge is 0.359 e. The molecule has 0 rings (SSSR count). The lowest BCUT2D eigenvalue weighted by atomic mass is 10.2. The van der Waals surface area contributed by atoms with Gasteiger partial charge in [0.05, 0.1) is 6.61 Å². The van der Waals surface area contributed by atoms with E-state index in [9.17, 15) is 0 Å². The van der Waals surface area contributed by atoms with E-state index in [0.717, 1.165) is 0 Å². The van der Waals surface area contributed by atoms with Gasteiger partial charge in [0.1, 0.15) is 6.79 Å². The van der Waals surface area contributed by atoms with Gasteiger partial charge >= 0.3 is 0 Å². The number of hydrogen-bond donors (Lipinski definition) is 0. The summed E-state index contributed by atoms with van der Waals surface area (Å²) >= 11 is 0. The van der Waals surface area contributed by atoms with Crippen LogP contribution in [0.25, 0.3) is 0 Å². The van der Waals surface area contributed by atoms with Gasteiger partial charge in [0.25, 0.3) is 0 Å². The Labute approximate surface area is 62.1 Å². The van der Waals surface area contributed by atoms with E-state index in [1.807, 2.05) is 13.0 Å². The molecule has 0 saturated carbocycles. The molecule has 0 aromatic carbocycles. The van der Waals surface area contributed by atoms with E-state index in [2.05, 4.69) is 12.3 Å². The summed E-state index contributed by atoms with van der Waals surface area (Å²) in [5.41, 5.74) is 2.70. The van der Waals surface area contributed by atoms with E-state index in [4.69, 9.17) is 9.47 Å². The molecule has 0 bridgehead atoms. The molecule has 0 unspecified atom stereocenters. The summed E-state index contributed by atoms with van der Waals surface area (Å²) in [4.78, 5) is 0. The molecule has 0 N–H and O–H groups in total. The third-order valence-corrected chi connectivity index (χ3v) is 0.984. The maximum atomic E-state index is 5.08. The van der Waals surface area contributed by atoms with Crippen LogP contribution in [0.3, 0.4) is 0 Å². The summed E-state index contributed by atoms with van der Waals surface area (Å²) in [6.45, 7) is 6.52. The van der Waals surface area contributed by atoms with Gasteiger partial charge < -0.3 is 9.47 Å². The van der Waals surface area contributed by atoms with Gasteiger partial charge in [-0.3, -0.25) is 0 Å². The number of methoxy groups -OCH3 is 1. The molecule has 0 amide bonds. The van der Waals surface area contributed by atoms with E-state index in [-0.39, 0.29) is 0 Å². The van der Waals surface area contributed by atoms with Gasteiger partial charge in [-0.15, -0.1) is 5.73 Å². The first kappa shape index (κ1) is 9.44. The summed E-state index contributed by atoms with van der Waals surface area (Å²) in [6.07, 6.45) is 1.87. The average Bonchev–Trinajstić information content (AvgIpc) is 1.89. The molecule has 0 aliphatic rings. The van der Waals surface area contributed by atoms with E-state index >= 15 is 0 Å². The minimum atomic E-state index is 0.356. The van der Waals surface area contributed by atoms with E-state index in [1.54, 1.807) is 7.11 Å². The zero-order valence-electron chi connectivity index (χ0n) is 6.59. The van der Waals surface area contributed by atoms with Crippen molar-refractivity contribution in [1.82, 2.24) is 0 Å². The first-order chi connectivity index (χ1) is 4.81. The Morgan fingerprint density at radius 3 is 2.90 bits per heavy atom. The van der Waals surface area contributed by atoms with Crippen molar-refractivity contribution in [3.63, 3.8) is 0 Å². The van der Waals surface area contributed by atoms with Crippen molar-refractivity contribution in [2.75, 3.05) is 20.5 Å². The predicted molar refractivity (Wildman–Crippen MR) is 40.7 cm³/mol. The molecular weight excluding hydrogens is 128 g/mol. The van der Waals surface area contributed by atoms with Crippen LogP contribution in [0, 0.1) is 5.92 Å². The lowest BCUT2D eigenvalue weighted by Gasteiger charge is -2.04. The standard InChI is InChI=1S/C8H14O2/c1-4-5-8(2)6-10-7-9-3/h5,8H,1,6-7H2,2-3H3/t8-/m1/s1. The highest BCUT2D eigenvalue weighted by Gasteiger charge is 1.94. The molecule has 0 aromatic rings. The van der Waals surface area contributed by atoms with Crippen LogP contribution in [0.5, 0.6) is 0 Å². The van der Waals surface area contributed by atoms with Crippen LogP contribution in [-0.4, -0.2) is 20.5 Å². The highest BCUT2D eigenvalue weighted by Crippen LogP contribution is 1.95. The molecule has 0 saturated heterocycles. The molecule has 0 aromatic heterocycles. The summed E-state index contributed by atoms with van der Waals surface area (Å²) in [6, 6.07) is 0. The summed E-state index contributed by atoms with van der Waals surface area (Å²) < 4.78 is 9.77. The van der Waals surface area contributed by atoms with E-state index < -0.39 is 0 Å². The zero-order valence-corrected chi connectivity index (χ0v) is 6.59. The summed E-state index contributed by atoms with van der Waals surface area (Å²) in [7, 11) is 1.61. The van der Waals surface area contributed by atoms with E-state index in [0.29, 0.717) is 19.3 Å². The molecular formula is C8H14O2. The minimum Gasteiger partial charge on any atom is -0.359 e. The second-order valence-corrected chi connectivity index (χ2v) is 2.13. The third-order valence-electron chi connectivity index (χ3n) is 0.984. The molecule has 0 heterocycles. The molecule has 2 heteroatoms. The molecule has 0 aliphatic carbocycles. The number of rotatable bonds is 5. The smallest absolute Gasteiger partial charge is 0.146 e. The van der Waals surface area contributed by atoms with Gasteiger partial charge in [-0.05, 0) is 6.08 Å². The SMILES string of the molecule is C=C=C[C@@H](C)COCOC. The fourth-order valence-corrected chi connectivity index (χ4v) is 0.567. The Morgan fingerprint density at radius 1 is 1.70 bits per heavy atom. The monoisotopic (exact) mass is 142 g/mol. The average molecular weight is 142 g/mol. The Kier molecular flexibility index (Phi) is 6.19. The summed E-state index contributed by atoms with van der Waals surface area (Å²) in [5, 5.41) is 0. The van der Waals surface area contributed by atoms with Gasteiger partial charge in [-0.1, -0.05) is 13.5 Å². The first-order valence-electron chi connectivity index (χ1n) is 3.24. The van der Waals surface area contributed by atoms with Gasteiger partial charge in [0.2, 0.25) is 0 Å². The first-order valence-corrected chi connectivity index (χ1v) is 3.24. The van der Waals surface area contributed by atoms with Crippen molar-refractivity contribution in [2.45, 2.75) is 6.92 Å². The van der Waals surface area contributed by atoms with E-state index in [1.165, 1.54) is 0 Å². The maximum absolute atomic E-state index is 5.08. The highest BCUT2D eigenvalue weighted by molar-refractivity contribution is 4.81. The molecule has 58 valence electrons. The summed E-state index contributed by atoms with van der Waals surface area (Å²) in [5.74, 6) is 0.368. The molecule has 10 heavy (non-hydrogen) atoms. The van der Waals surface area contributed by atoms with Crippen LogP contribution >= 0.6 is 0 Å². The Bertz CT molecular complexity index is 114. The lowest BCUT2D eigenvalue weighted by Crippen LogP contribution is -2.04. The van der Waals surface area contributed by atoms with Crippen molar-refractivity contribution >= 4 is 0 Å². The topological polar surface area (TPSA) is 18.5 Å². The van der Waals surface area contributed by atoms with Crippen molar-refractivity contribution in [3.8, 4) is 0 Å². The van der Waals surface area contributed by atoms with Crippen molar-refractivity contribution < 1.29 is 9.47 Å². The van der Waals surface area contributed by atoms with Gasteiger partial charge in [-0.25, -0.2) is 0 Å². The van der Waals surface area contributed by atoms with Gasteiger partial charge in [-0.2, -0.15) is 0 Å². The van der Waals surface area contributed by atoms with Crippen LogP contribution < -0.4 is 0 Å². The maximum Gasteiger partial charge on any atom is 0.146 e. The Balaban J connectivity index is 3.21.